The number of halogens is 2. The van der Waals surface area contributed by atoms with Gasteiger partial charge in [0.25, 0.3) is 5.91 Å². The largest absolute Gasteiger partial charge is 0.318 e. The van der Waals surface area contributed by atoms with E-state index in [1.807, 2.05) is 43.3 Å². The van der Waals surface area contributed by atoms with Crippen LogP contribution < -0.4 is 5.32 Å². The molecule has 1 N–H and O–H groups in total. The standard InChI is InChI=1S/C23H19BrClN3OS/c1-13-10-16(15(3)28(13)18-7-4-6-17(24)12-18)11-21-22(29)27-23(30-21)26-20-9-5-8-19(25)14(20)2/h4-12H,1-3H3,(H,26,27,29)/b21-11+. The van der Waals surface area contributed by atoms with Gasteiger partial charge >= 0.3 is 0 Å². The van der Waals surface area contributed by atoms with Crippen LogP contribution >= 0.6 is 39.3 Å². The number of thioether (sulfide) groups is 1. The van der Waals surface area contributed by atoms with Crippen LogP contribution in [-0.2, 0) is 4.79 Å². The molecule has 1 aliphatic heterocycles. The Balaban J connectivity index is 1.66. The summed E-state index contributed by atoms with van der Waals surface area (Å²) in [5, 5.41) is 4.06. The van der Waals surface area contributed by atoms with E-state index in [4.69, 9.17) is 11.6 Å². The normalized spacial score (nSPS) is 16.5. The number of amides is 1. The Kier molecular flexibility index (Phi) is 5.91. The molecule has 30 heavy (non-hydrogen) atoms. The van der Waals surface area contributed by atoms with Crippen LogP contribution in [0.3, 0.4) is 0 Å². The van der Waals surface area contributed by atoms with Crippen molar-refractivity contribution >= 4 is 62.1 Å². The summed E-state index contributed by atoms with van der Waals surface area (Å²) in [6, 6.07) is 15.8. The first-order valence-corrected chi connectivity index (χ1v) is 11.3. The van der Waals surface area contributed by atoms with Crippen LogP contribution in [0.2, 0.25) is 5.02 Å². The lowest BCUT2D eigenvalue weighted by atomic mass is 10.2. The fourth-order valence-corrected chi connectivity index (χ4v) is 4.78. The van der Waals surface area contributed by atoms with Crippen LogP contribution in [0.5, 0.6) is 0 Å². The highest BCUT2D eigenvalue weighted by molar-refractivity contribution is 9.10. The molecule has 4 rings (SSSR count). The van der Waals surface area contributed by atoms with E-state index in [0.29, 0.717) is 15.1 Å². The fraction of sp³-hybridized carbons (Fsp3) is 0.130. The molecule has 152 valence electrons. The van der Waals surface area contributed by atoms with E-state index < -0.39 is 0 Å². The maximum Gasteiger partial charge on any atom is 0.264 e. The van der Waals surface area contributed by atoms with E-state index in [0.717, 1.165) is 38.4 Å². The minimum atomic E-state index is -0.148. The molecule has 0 spiro atoms. The van der Waals surface area contributed by atoms with Crippen LogP contribution in [0.25, 0.3) is 11.8 Å². The lowest BCUT2D eigenvalue weighted by Crippen LogP contribution is -2.19. The van der Waals surface area contributed by atoms with Crippen molar-refractivity contribution in [3.63, 3.8) is 0 Å². The zero-order chi connectivity index (χ0) is 21.4. The maximum atomic E-state index is 12.5. The van der Waals surface area contributed by atoms with Crippen molar-refractivity contribution in [2.75, 3.05) is 0 Å². The van der Waals surface area contributed by atoms with Crippen LogP contribution in [0, 0.1) is 20.8 Å². The zero-order valence-electron chi connectivity index (χ0n) is 16.7. The molecule has 2 heterocycles. The van der Waals surface area contributed by atoms with Crippen molar-refractivity contribution < 1.29 is 4.79 Å². The summed E-state index contributed by atoms with van der Waals surface area (Å²) in [5.41, 5.74) is 5.89. The van der Waals surface area contributed by atoms with Crippen LogP contribution in [0.15, 0.2) is 62.9 Å². The van der Waals surface area contributed by atoms with Gasteiger partial charge in [0.05, 0.1) is 10.6 Å². The van der Waals surface area contributed by atoms with Gasteiger partial charge in [-0.15, -0.1) is 0 Å². The van der Waals surface area contributed by atoms with E-state index in [2.05, 4.69) is 62.9 Å². The third kappa shape index (κ3) is 4.13. The highest BCUT2D eigenvalue weighted by Gasteiger charge is 2.25. The van der Waals surface area contributed by atoms with Gasteiger partial charge in [0.15, 0.2) is 5.17 Å². The molecule has 1 amide bonds. The van der Waals surface area contributed by atoms with Crippen molar-refractivity contribution in [2.24, 2.45) is 4.99 Å². The highest BCUT2D eigenvalue weighted by atomic mass is 79.9. The number of aromatic nitrogens is 1. The summed E-state index contributed by atoms with van der Waals surface area (Å²) in [6.07, 6.45) is 1.92. The molecule has 1 aliphatic rings. The molecule has 0 unspecified atom stereocenters. The number of hydrogen-bond donors (Lipinski definition) is 1. The van der Waals surface area contributed by atoms with Crippen LogP contribution in [0.1, 0.15) is 22.5 Å². The van der Waals surface area contributed by atoms with Crippen LogP contribution in [-0.4, -0.2) is 15.6 Å². The second kappa shape index (κ2) is 8.46. The summed E-state index contributed by atoms with van der Waals surface area (Å²) in [4.78, 5) is 17.7. The number of carbonyl (C=O) groups is 1. The van der Waals surface area contributed by atoms with Crippen molar-refractivity contribution in [3.8, 4) is 5.69 Å². The third-order valence-electron chi connectivity index (χ3n) is 4.94. The number of carbonyl (C=O) groups excluding carboxylic acids is 1. The third-order valence-corrected chi connectivity index (χ3v) is 6.75. The van der Waals surface area contributed by atoms with Crippen molar-refractivity contribution in [1.29, 1.82) is 0 Å². The number of nitrogens with zero attached hydrogens (tertiary/aromatic N) is 2. The van der Waals surface area contributed by atoms with E-state index in [-0.39, 0.29) is 5.91 Å². The molecular formula is C23H19BrClN3OS. The molecule has 1 aromatic heterocycles. The number of rotatable bonds is 3. The number of nitrogens with one attached hydrogen (secondary N) is 1. The molecule has 0 aliphatic carbocycles. The molecule has 0 saturated carbocycles. The Morgan fingerprint density at radius 2 is 1.90 bits per heavy atom. The lowest BCUT2D eigenvalue weighted by molar-refractivity contribution is -0.115. The quantitative estimate of drug-likeness (QED) is 0.406. The summed E-state index contributed by atoms with van der Waals surface area (Å²) >= 11 is 11.0. The first kappa shape index (κ1) is 21.0. The second-order valence-electron chi connectivity index (χ2n) is 7.01. The summed E-state index contributed by atoms with van der Waals surface area (Å²) in [5.74, 6) is -0.148. The lowest BCUT2D eigenvalue weighted by Gasteiger charge is -2.10. The highest BCUT2D eigenvalue weighted by Crippen LogP contribution is 2.32. The minimum Gasteiger partial charge on any atom is -0.318 e. The summed E-state index contributed by atoms with van der Waals surface area (Å²) < 4.78 is 3.20. The number of hydrogen-bond acceptors (Lipinski definition) is 3. The second-order valence-corrected chi connectivity index (χ2v) is 9.36. The maximum absolute atomic E-state index is 12.5. The zero-order valence-corrected chi connectivity index (χ0v) is 19.8. The molecular weight excluding hydrogens is 482 g/mol. The molecule has 2 aromatic carbocycles. The molecule has 0 bridgehead atoms. The Hall–Kier alpha value is -2.28. The van der Waals surface area contributed by atoms with Gasteiger partial charge in [-0.25, -0.2) is 4.99 Å². The average molecular weight is 501 g/mol. The van der Waals surface area contributed by atoms with Gasteiger partial charge in [0, 0.05) is 26.6 Å². The van der Waals surface area contributed by atoms with E-state index >= 15 is 0 Å². The SMILES string of the molecule is Cc1c(Cl)cccc1N=C1NC(=O)/C(=C\c2cc(C)n(-c3cccc(Br)c3)c2C)S1. The Morgan fingerprint density at radius 1 is 1.13 bits per heavy atom. The minimum absolute atomic E-state index is 0.148. The van der Waals surface area contributed by atoms with Gasteiger partial charge < -0.3 is 9.88 Å². The van der Waals surface area contributed by atoms with Gasteiger partial charge in [-0.2, -0.15) is 0 Å². The summed E-state index contributed by atoms with van der Waals surface area (Å²) in [7, 11) is 0. The topological polar surface area (TPSA) is 46.4 Å². The molecule has 0 radical (unpaired) electrons. The molecule has 4 nitrogen and oxygen atoms in total. The molecule has 0 atom stereocenters. The first-order valence-electron chi connectivity index (χ1n) is 9.33. The number of aliphatic imine (C=N–C) groups is 1. The Morgan fingerprint density at radius 3 is 2.67 bits per heavy atom. The number of amidine groups is 1. The van der Waals surface area contributed by atoms with E-state index in [9.17, 15) is 4.79 Å². The van der Waals surface area contributed by atoms with Gasteiger partial charge in [-0.1, -0.05) is 39.7 Å². The van der Waals surface area contributed by atoms with Gasteiger partial charge in [-0.05, 0) is 86.1 Å². The fourth-order valence-electron chi connectivity index (χ4n) is 3.39. The Bertz CT molecular complexity index is 1230. The monoisotopic (exact) mass is 499 g/mol. The van der Waals surface area contributed by atoms with E-state index in [1.54, 1.807) is 0 Å². The first-order chi connectivity index (χ1) is 14.3. The molecule has 3 aromatic rings. The summed E-state index contributed by atoms with van der Waals surface area (Å²) in [6.45, 7) is 6.03. The molecule has 1 fully saturated rings. The predicted octanol–water partition coefficient (Wildman–Crippen LogP) is 6.71. The van der Waals surface area contributed by atoms with Gasteiger partial charge in [-0.3, -0.25) is 4.79 Å². The van der Waals surface area contributed by atoms with Gasteiger partial charge in [0.1, 0.15) is 0 Å². The van der Waals surface area contributed by atoms with Crippen LogP contribution in [0.4, 0.5) is 5.69 Å². The van der Waals surface area contributed by atoms with Gasteiger partial charge in [0.2, 0.25) is 0 Å². The molecule has 7 heteroatoms. The predicted molar refractivity (Wildman–Crippen MR) is 130 cm³/mol. The van der Waals surface area contributed by atoms with Crippen molar-refractivity contribution in [2.45, 2.75) is 20.8 Å². The Labute approximate surface area is 193 Å². The van der Waals surface area contributed by atoms with E-state index in [1.165, 1.54) is 11.8 Å². The average Bonchev–Trinajstić information content (AvgIpc) is 3.17. The van der Waals surface area contributed by atoms with Crippen molar-refractivity contribution in [3.05, 3.63) is 85.4 Å². The number of aryl methyl sites for hydroxylation is 1. The smallest absolute Gasteiger partial charge is 0.264 e. The van der Waals surface area contributed by atoms with Crippen molar-refractivity contribution in [1.82, 2.24) is 9.88 Å². The number of benzene rings is 2. The molecule has 1 saturated heterocycles.